The van der Waals surface area contributed by atoms with E-state index in [4.69, 9.17) is 5.11 Å². The van der Waals surface area contributed by atoms with Gasteiger partial charge in [0, 0.05) is 11.8 Å². The first-order chi connectivity index (χ1) is 10.2. The van der Waals surface area contributed by atoms with Crippen LogP contribution in [0.2, 0.25) is 0 Å². The number of nitrogens with zero attached hydrogens (tertiary/aromatic N) is 1. The number of aliphatic carboxylic acids is 1. The van der Waals surface area contributed by atoms with Crippen molar-refractivity contribution in [3.8, 4) is 22.6 Å². The van der Waals surface area contributed by atoms with E-state index in [2.05, 4.69) is 9.72 Å². The van der Waals surface area contributed by atoms with E-state index in [1.807, 2.05) is 0 Å². The molecule has 1 aromatic carbocycles. The van der Waals surface area contributed by atoms with Gasteiger partial charge in [-0.2, -0.15) is 0 Å². The molecule has 0 aliphatic rings. The summed E-state index contributed by atoms with van der Waals surface area (Å²) in [6.07, 6.45) is -3.99. The second kappa shape index (κ2) is 5.92. The molecule has 0 radical (unpaired) electrons. The van der Waals surface area contributed by atoms with Crippen LogP contribution in [0.25, 0.3) is 11.1 Å². The molecule has 2 aromatic rings. The van der Waals surface area contributed by atoms with E-state index in [-0.39, 0.29) is 11.4 Å². The van der Waals surface area contributed by atoms with Crippen LogP contribution in [0, 0.1) is 0 Å². The van der Waals surface area contributed by atoms with Crippen molar-refractivity contribution in [1.29, 1.82) is 0 Å². The van der Waals surface area contributed by atoms with E-state index in [9.17, 15) is 23.1 Å². The number of aromatic hydroxyl groups is 1. The number of halogens is 3. The second-order valence-corrected chi connectivity index (χ2v) is 4.34. The van der Waals surface area contributed by atoms with Gasteiger partial charge in [0.25, 0.3) is 0 Å². The summed E-state index contributed by atoms with van der Waals surface area (Å²) in [5.41, 5.74) is 0.643. The fourth-order valence-electron chi connectivity index (χ4n) is 1.79. The van der Waals surface area contributed by atoms with Crippen LogP contribution in [0.4, 0.5) is 13.2 Å². The summed E-state index contributed by atoms with van der Waals surface area (Å²) >= 11 is 0. The number of benzene rings is 1. The summed E-state index contributed by atoms with van der Waals surface area (Å²) in [5.74, 6) is -1.91. The first-order valence-corrected chi connectivity index (χ1v) is 6.00. The molecule has 1 heterocycles. The highest BCUT2D eigenvalue weighted by atomic mass is 19.4. The largest absolute Gasteiger partial charge is 0.573 e. The second-order valence-electron chi connectivity index (χ2n) is 4.34. The highest BCUT2D eigenvalue weighted by molar-refractivity contribution is 5.72. The Bertz CT molecular complexity index is 701. The Labute approximate surface area is 122 Å². The van der Waals surface area contributed by atoms with Gasteiger partial charge >= 0.3 is 12.3 Å². The Morgan fingerprint density at radius 3 is 2.55 bits per heavy atom. The monoisotopic (exact) mass is 313 g/mol. The molecular weight excluding hydrogens is 303 g/mol. The Morgan fingerprint density at radius 1 is 1.23 bits per heavy atom. The van der Waals surface area contributed by atoms with E-state index in [0.29, 0.717) is 11.1 Å². The van der Waals surface area contributed by atoms with Crippen molar-refractivity contribution >= 4 is 5.97 Å². The zero-order chi connectivity index (χ0) is 16.3. The van der Waals surface area contributed by atoms with Crippen LogP contribution >= 0.6 is 0 Å². The Hall–Kier alpha value is -2.77. The Balaban J connectivity index is 2.30. The van der Waals surface area contributed by atoms with Crippen molar-refractivity contribution in [2.24, 2.45) is 0 Å². The van der Waals surface area contributed by atoms with Gasteiger partial charge in [0.15, 0.2) is 0 Å². The number of carbonyl (C=O) groups is 1. The van der Waals surface area contributed by atoms with Crippen LogP contribution in [0.5, 0.6) is 11.5 Å². The molecule has 0 atom stereocenters. The standard InChI is InChI=1S/C14H10F3NO4/c15-14(16,17)22-10-3-1-2-8(4-10)9-5-12(19)11(18-7-9)6-13(20)21/h1-5,7,19H,6H2,(H,20,21). The lowest BCUT2D eigenvalue weighted by molar-refractivity contribution is -0.274. The molecule has 0 spiro atoms. The number of carboxylic acid groups (broad SMARTS) is 1. The van der Waals surface area contributed by atoms with Gasteiger partial charge in [-0.25, -0.2) is 0 Å². The zero-order valence-electron chi connectivity index (χ0n) is 11.0. The molecule has 0 bridgehead atoms. The van der Waals surface area contributed by atoms with Gasteiger partial charge in [0.1, 0.15) is 11.5 Å². The van der Waals surface area contributed by atoms with E-state index >= 15 is 0 Å². The number of ether oxygens (including phenoxy) is 1. The quantitative estimate of drug-likeness (QED) is 0.907. The molecular formula is C14H10F3NO4. The molecule has 0 aliphatic carbocycles. The fourth-order valence-corrected chi connectivity index (χ4v) is 1.79. The predicted molar refractivity (Wildman–Crippen MR) is 69.4 cm³/mol. The third-order valence-electron chi connectivity index (χ3n) is 2.67. The van der Waals surface area contributed by atoms with Crippen LogP contribution in [0.15, 0.2) is 36.5 Å². The molecule has 116 valence electrons. The van der Waals surface area contributed by atoms with E-state index < -0.39 is 24.5 Å². The molecule has 8 heteroatoms. The summed E-state index contributed by atoms with van der Waals surface area (Å²) in [6, 6.07) is 6.39. The Morgan fingerprint density at radius 2 is 1.95 bits per heavy atom. The molecule has 0 amide bonds. The van der Waals surface area contributed by atoms with Crippen molar-refractivity contribution in [1.82, 2.24) is 4.98 Å². The first kappa shape index (κ1) is 15.6. The molecule has 5 nitrogen and oxygen atoms in total. The molecule has 22 heavy (non-hydrogen) atoms. The summed E-state index contributed by atoms with van der Waals surface area (Å²) in [5, 5.41) is 18.4. The maximum atomic E-state index is 12.2. The summed E-state index contributed by atoms with van der Waals surface area (Å²) < 4.78 is 40.4. The van der Waals surface area contributed by atoms with Crippen LogP contribution in [0.3, 0.4) is 0 Å². The van der Waals surface area contributed by atoms with E-state index in [1.54, 1.807) is 0 Å². The molecule has 0 saturated heterocycles. The summed E-state index contributed by atoms with van der Waals surface area (Å²) in [4.78, 5) is 14.4. The molecule has 0 aliphatic heterocycles. The minimum Gasteiger partial charge on any atom is -0.506 e. The molecule has 0 fully saturated rings. The van der Waals surface area contributed by atoms with Crippen molar-refractivity contribution in [2.75, 3.05) is 0 Å². The van der Waals surface area contributed by atoms with Crippen molar-refractivity contribution in [2.45, 2.75) is 12.8 Å². The number of carboxylic acids is 1. The topological polar surface area (TPSA) is 79.7 Å². The number of hydrogen-bond donors (Lipinski definition) is 2. The van der Waals surface area contributed by atoms with Crippen molar-refractivity contribution < 1.29 is 32.9 Å². The fraction of sp³-hybridized carbons (Fsp3) is 0.143. The maximum absolute atomic E-state index is 12.2. The van der Waals surface area contributed by atoms with Gasteiger partial charge in [-0.15, -0.1) is 13.2 Å². The van der Waals surface area contributed by atoms with Crippen LogP contribution in [0.1, 0.15) is 5.69 Å². The van der Waals surface area contributed by atoms with Crippen LogP contribution in [-0.2, 0) is 11.2 Å². The SMILES string of the molecule is O=C(O)Cc1ncc(-c2cccc(OC(F)(F)F)c2)cc1O. The predicted octanol–water partition coefficient (Wildman–Crippen LogP) is 2.98. The van der Waals surface area contributed by atoms with E-state index in [1.165, 1.54) is 24.4 Å². The summed E-state index contributed by atoms with van der Waals surface area (Å²) in [6.45, 7) is 0. The van der Waals surface area contributed by atoms with Gasteiger partial charge in [-0.3, -0.25) is 9.78 Å². The average Bonchev–Trinajstić information content (AvgIpc) is 2.39. The molecule has 0 unspecified atom stereocenters. The average molecular weight is 313 g/mol. The van der Waals surface area contributed by atoms with Crippen molar-refractivity contribution in [3.63, 3.8) is 0 Å². The molecule has 2 N–H and O–H groups in total. The van der Waals surface area contributed by atoms with Gasteiger partial charge in [-0.05, 0) is 23.8 Å². The van der Waals surface area contributed by atoms with Crippen molar-refractivity contribution in [3.05, 3.63) is 42.2 Å². The number of rotatable bonds is 4. The van der Waals surface area contributed by atoms with Crippen LogP contribution < -0.4 is 4.74 Å². The Kier molecular flexibility index (Phi) is 4.20. The number of aromatic nitrogens is 1. The number of hydrogen-bond acceptors (Lipinski definition) is 4. The molecule has 0 saturated carbocycles. The zero-order valence-corrected chi connectivity index (χ0v) is 11.0. The minimum atomic E-state index is -4.80. The highest BCUT2D eigenvalue weighted by Gasteiger charge is 2.31. The maximum Gasteiger partial charge on any atom is 0.573 e. The molecule has 1 aromatic heterocycles. The third-order valence-corrected chi connectivity index (χ3v) is 2.67. The normalized spacial score (nSPS) is 11.2. The minimum absolute atomic E-state index is 0.0288. The van der Waals surface area contributed by atoms with E-state index in [0.717, 1.165) is 12.1 Å². The third kappa shape index (κ3) is 4.11. The smallest absolute Gasteiger partial charge is 0.506 e. The summed E-state index contributed by atoms with van der Waals surface area (Å²) in [7, 11) is 0. The molecule has 2 rings (SSSR count). The van der Waals surface area contributed by atoms with Gasteiger partial charge < -0.3 is 14.9 Å². The van der Waals surface area contributed by atoms with Crippen LogP contribution in [-0.4, -0.2) is 27.5 Å². The highest BCUT2D eigenvalue weighted by Crippen LogP contribution is 2.29. The lowest BCUT2D eigenvalue weighted by atomic mass is 10.1. The van der Waals surface area contributed by atoms with Gasteiger partial charge in [0.05, 0.1) is 12.1 Å². The van der Waals surface area contributed by atoms with Gasteiger partial charge in [-0.1, -0.05) is 12.1 Å². The number of pyridine rings is 1. The van der Waals surface area contributed by atoms with Gasteiger partial charge in [0.2, 0.25) is 0 Å². The first-order valence-electron chi connectivity index (χ1n) is 6.00. The lowest BCUT2D eigenvalue weighted by Gasteiger charge is -2.10. The number of alkyl halides is 3. The lowest BCUT2D eigenvalue weighted by Crippen LogP contribution is -2.17.